The van der Waals surface area contributed by atoms with Crippen molar-refractivity contribution in [3.05, 3.63) is 24.0 Å². The van der Waals surface area contributed by atoms with E-state index in [1.54, 1.807) is 11.1 Å². The van der Waals surface area contributed by atoms with Crippen LogP contribution in [0.2, 0.25) is 0 Å². The molecule has 0 bridgehead atoms. The van der Waals surface area contributed by atoms with Gasteiger partial charge in [-0.1, -0.05) is 0 Å². The van der Waals surface area contributed by atoms with Crippen LogP contribution in [0.5, 0.6) is 0 Å². The Morgan fingerprint density at radius 1 is 1.60 bits per heavy atom. The number of pyridine rings is 1. The minimum absolute atomic E-state index is 0.0724. The van der Waals surface area contributed by atoms with Crippen LogP contribution in [-0.2, 0) is 4.79 Å². The van der Waals surface area contributed by atoms with Crippen molar-refractivity contribution in [2.75, 3.05) is 18.9 Å². The molecule has 1 amide bonds. The van der Waals surface area contributed by atoms with Crippen LogP contribution in [0, 0.1) is 6.92 Å². The Morgan fingerprint density at radius 3 is 3.00 bits per heavy atom. The number of aromatic nitrogens is 1. The summed E-state index contributed by atoms with van der Waals surface area (Å²) in [7, 11) is 1.84. The van der Waals surface area contributed by atoms with Gasteiger partial charge in [-0.15, -0.1) is 0 Å². The minimum atomic E-state index is -0.0724. The molecule has 15 heavy (non-hydrogen) atoms. The fraction of sp³-hybridized carbons (Fsp3) is 0.455. The van der Waals surface area contributed by atoms with E-state index < -0.39 is 0 Å². The number of hydrogen-bond donors (Lipinski definition) is 1. The average Bonchev–Trinajstić information content (AvgIpc) is 2.50. The van der Waals surface area contributed by atoms with Crippen molar-refractivity contribution in [2.45, 2.75) is 19.4 Å². The van der Waals surface area contributed by atoms with Crippen LogP contribution >= 0.6 is 0 Å². The smallest absolute Gasteiger partial charge is 0.244 e. The number of aryl methyl sites for hydroxylation is 1. The van der Waals surface area contributed by atoms with Gasteiger partial charge < -0.3 is 10.2 Å². The number of likely N-dealkylation sites (tertiary alicyclic amines) is 1. The molecule has 1 atom stereocenters. The summed E-state index contributed by atoms with van der Waals surface area (Å²) in [4.78, 5) is 17.5. The van der Waals surface area contributed by atoms with Crippen LogP contribution < -0.4 is 5.32 Å². The first-order valence-corrected chi connectivity index (χ1v) is 5.11. The highest BCUT2D eigenvalue weighted by molar-refractivity contribution is 5.86. The lowest BCUT2D eigenvalue weighted by molar-refractivity contribution is -0.127. The molecule has 0 spiro atoms. The van der Waals surface area contributed by atoms with Crippen LogP contribution in [0.15, 0.2) is 18.3 Å². The van der Waals surface area contributed by atoms with Crippen molar-refractivity contribution < 1.29 is 4.79 Å². The first-order chi connectivity index (χ1) is 7.16. The summed E-state index contributed by atoms with van der Waals surface area (Å²) in [5, 5.41) is 3.23. The van der Waals surface area contributed by atoms with E-state index in [2.05, 4.69) is 10.3 Å². The first kappa shape index (κ1) is 9.96. The van der Waals surface area contributed by atoms with Crippen LogP contribution in [-0.4, -0.2) is 35.4 Å². The number of likely N-dealkylation sites (N-methyl/N-ethyl adjacent to an activating group) is 1. The van der Waals surface area contributed by atoms with E-state index in [4.69, 9.17) is 0 Å². The van der Waals surface area contributed by atoms with E-state index in [1.165, 1.54) is 0 Å². The molecule has 1 saturated heterocycles. The van der Waals surface area contributed by atoms with Crippen molar-refractivity contribution in [3.63, 3.8) is 0 Å². The fourth-order valence-corrected chi connectivity index (χ4v) is 1.79. The Hall–Kier alpha value is -1.58. The molecule has 1 aromatic heterocycles. The number of rotatable bonds is 2. The van der Waals surface area contributed by atoms with Crippen LogP contribution in [0.3, 0.4) is 0 Å². The number of nitrogens with one attached hydrogen (secondary N) is 1. The Bertz CT molecular complexity index is 378. The number of nitrogens with zero attached hydrogens (tertiary/aromatic N) is 2. The molecule has 4 nitrogen and oxygen atoms in total. The molecule has 0 radical (unpaired) electrons. The molecule has 1 aliphatic heterocycles. The van der Waals surface area contributed by atoms with E-state index in [0.29, 0.717) is 0 Å². The Labute approximate surface area is 89.3 Å². The van der Waals surface area contributed by atoms with Gasteiger partial charge in [0.1, 0.15) is 6.04 Å². The summed E-state index contributed by atoms with van der Waals surface area (Å²) >= 11 is 0. The number of carbonyl (C=O) groups excluding carboxylic acids is 1. The standard InChI is InChI=1S/C11H15N3O/c1-8-7-9(3-5-12-8)13-10-4-6-14(2)11(10)15/h3,5,7,10H,4,6H2,1-2H3,(H,12,13). The van der Waals surface area contributed by atoms with E-state index in [0.717, 1.165) is 24.3 Å². The topological polar surface area (TPSA) is 45.2 Å². The third-order valence-electron chi connectivity index (χ3n) is 2.67. The highest BCUT2D eigenvalue weighted by atomic mass is 16.2. The van der Waals surface area contributed by atoms with Gasteiger partial charge in [0.25, 0.3) is 0 Å². The molecule has 0 aromatic carbocycles. The molecule has 80 valence electrons. The number of carbonyl (C=O) groups is 1. The molecular formula is C11H15N3O. The Morgan fingerprint density at radius 2 is 2.40 bits per heavy atom. The van der Waals surface area contributed by atoms with Crippen LogP contribution in [0.25, 0.3) is 0 Å². The van der Waals surface area contributed by atoms with Gasteiger partial charge in [-0.3, -0.25) is 9.78 Å². The van der Waals surface area contributed by atoms with Gasteiger partial charge >= 0.3 is 0 Å². The van der Waals surface area contributed by atoms with Gasteiger partial charge in [0, 0.05) is 31.2 Å². The maximum absolute atomic E-state index is 11.6. The van der Waals surface area contributed by atoms with Crippen molar-refractivity contribution >= 4 is 11.6 Å². The van der Waals surface area contributed by atoms with Crippen molar-refractivity contribution in [1.29, 1.82) is 0 Å². The van der Waals surface area contributed by atoms with Gasteiger partial charge in [-0.2, -0.15) is 0 Å². The quantitative estimate of drug-likeness (QED) is 0.784. The number of amides is 1. The molecule has 1 aliphatic rings. The second-order valence-electron chi connectivity index (χ2n) is 3.93. The third-order valence-corrected chi connectivity index (χ3v) is 2.67. The monoisotopic (exact) mass is 205 g/mol. The zero-order chi connectivity index (χ0) is 10.8. The summed E-state index contributed by atoms with van der Waals surface area (Å²) in [5.74, 6) is 0.171. The first-order valence-electron chi connectivity index (χ1n) is 5.11. The molecule has 4 heteroatoms. The zero-order valence-electron chi connectivity index (χ0n) is 9.03. The molecule has 1 aromatic rings. The number of anilines is 1. The van der Waals surface area contributed by atoms with Gasteiger partial charge in [0.2, 0.25) is 5.91 Å². The second kappa shape index (κ2) is 3.88. The Balaban J connectivity index is 2.06. The van der Waals surface area contributed by atoms with E-state index in [9.17, 15) is 4.79 Å². The molecule has 1 unspecified atom stereocenters. The lowest BCUT2D eigenvalue weighted by Gasteiger charge is -2.13. The molecule has 0 aliphatic carbocycles. The summed E-state index contributed by atoms with van der Waals surface area (Å²) in [6.45, 7) is 2.77. The van der Waals surface area contributed by atoms with E-state index in [1.807, 2.05) is 26.1 Å². The van der Waals surface area contributed by atoms with Gasteiger partial charge in [0.05, 0.1) is 0 Å². The molecular weight excluding hydrogens is 190 g/mol. The van der Waals surface area contributed by atoms with Crippen molar-refractivity contribution in [2.24, 2.45) is 0 Å². The third kappa shape index (κ3) is 2.09. The molecule has 1 fully saturated rings. The van der Waals surface area contributed by atoms with Gasteiger partial charge in [-0.25, -0.2) is 0 Å². The molecule has 2 rings (SSSR count). The predicted molar refractivity (Wildman–Crippen MR) is 58.6 cm³/mol. The zero-order valence-corrected chi connectivity index (χ0v) is 9.03. The van der Waals surface area contributed by atoms with Gasteiger partial charge in [0.15, 0.2) is 0 Å². The van der Waals surface area contributed by atoms with Crippen molar-refractivity contribution in [1.82, 2.24) is 9.88 Å². The normalized spacial score (nSPS) is 20.8. The number of hydrogen-bond acceptors (Lipinski definition) is 3. The maximum atomic E-state index is 11.6. The van der Waals surface area contributed by atoms with E-state index >= 15 is 0 Å². The average molecular weight is 205 g/mol. The molecule has 0 saturated carbocycles. The van der Waals surface area contributed by atoms with Crippen LogP contribution in [0.4, 0.5) is 5.69 Å². The maximum Gasteiger partial charge on any atom is 0.244 e. The molecule has 2 heterocycles. The largest absolute Gasteiger partial charge is 0.374 e. The molecule has 1 N–H and O–H groups in total. The summed E-state index contributed by atoms with van der Waals surface area (Å²) in [5.41, 5.74) is 1.93. The SMILES string of the molecule is Cc1cc(NC2CCN(C)C2=O)ccn1. The second-order valence-corrected chi connectivity index (χ2v) is 3.93. The highest BCUT2D eigenvalue weighted by Gasteiger charge is 2.28. The lowest BCUT2D eigenvalue weighted by atomic mass is 10.2. The Kier molecular flexibility index (Phi) is 2.58. The predicted octanol–water partition coefficient (Wildman–Crippen LogP) is 1.03. The summed E-state index contributed by atoms with van der Waals surface area (Å²) in [6, 6.07) is 3.77. The summed E-state index contributed by atoms with van der Waals surface area (Å²) < 4.78 is 0. The van der Waals surface area contributed by atoms with Crippen molar-refractivity contribution in [3.8, 4) is 0 Å². The lowest BCUT2D eigenvalue weighted by Crippen LogP contribution is -2.30. The van der Waals surface area contributed by atoms with Gasteiger partial charge in [-0.05, 0) is 25.5 Å². The fourth-order valence-electron chi connectivity index (χ4n) is 1.79. The minimum Gasteiger partial charge on any atom is -0.374 e. The summed E-state index contributed by atoms with van der Waals surface area (Å²) in [6.07, 6.45) is 2.62. The van der Waals surface area contributed by atoms with Crippen LogP contribution in [0.1, 0.15) is 12.1 Å². The highest BCUT2D eigenvalue weighted by Crippen LogP contribution is 2.15. The van der Waals surface area contributed by atoms with E-state index in [-0.39, 0.29) is 11.9 Å².